The molecule has 0 bridgehead atoms. The summed E-state index contributed by atoms with van der Waals surface area (Å²) < 4.78 is 27.6. The number of benzene rings is 1. The van der Waals surface area contributed by atoms with Crippen LogP contribution in [0.1, 0.15) is 11.1 Å². The Kier molecular flexibility index (Phi) is 9.10. The Morgan fingerprint density at radius 3 is 2.38 bits per heavy atom. The highest BCUT2D eigenvalue weighted by Crippen LogP contribution is 2.44. The number of rotatable bonds is 11. The van der Waals surface area contributed by atoms with Gasteiger partial charge in [-0.2, -0.15) is 10.5 Å². The van der Waals surface area contributed by atoms with Crippen LogP contribution < -0.4 is 29.7 Å². The number of nitrogens with zero attached hydrogens (tertiary/aromatic N) is 6. The van der Waals surface area contributed by atoms with Crippen LogP contribution in [-0.4, -0.2) is 57.0 Å². The molecule has 0 aliphatic heterocycles. The third kappa shape index (κ3) is 6.00. The minimum atomic E-state index is -0.553. The van der Waals surface area contributed by atoms with Crippen molar-refractivity contribution in [1.29, 1.82) is 10.5 Å². The van der Waals surface area contributed by atoms with E-state index in [4.69, 9.17) is 29.2 Å². The van der Waals surface area contributed by atoms with Gasteiger partial charge in [0.2, 0.25) is 17.6 Å². The number of nitriles is 2. The van der Waals surface area contributed by atoms with Crippen molar-refractivity contribution in [3.63, 3.8) is 0 Å². The summed E-state index contributed by atoms with van der Waals surface area (Å²) in [7, 11) is 5.91. The zero-order valence-electron chi connectivity index (χ0n) is 20.5. The van der Waals surface area contributed by atoms with E-state index in [-0.39, 0.29) is 39.2 Å². The first kappa shape index (κ1) is 27.1. The molecule has 0 spiro atoms. The number of nitrogen functional groups attached to an aromatic ring is 1. The summed E-state index contributed by atoms with van der Waals surface area (Å²) in [5.41, 5.74) is 6.75. The fourth-order valence-electron chi connectivity index (χ4n) is 3.31. The summed E-state index contributed by atoms with van der Waals surface area (Å²) in [6.45, 7) is 0.847. The summed E-state index contributed by atoms with van der Waals surface area (Å²) in [6, 6.07) is 7.27. The molecule has 0 aliphatic rings. The van der Waals surface area contributed by atoms with Crippen LogP contribution in [0.2, 0.25) is 0 Å². The van der Waals surface area contributed by atoms with Gasteiger partial charge in [-0.1, -0.05) is 11.8 Å². The molecule has 2 aromatic heterocycles. The van der Waals surface area contributed by atoms with Gasteiger partial charge in [0.1, 0.15) is 35.2 Å². The molecular formula is C23H23N7O6S. The van der Waals surface area contributed by atoms with Gasteiger partial charge in [-0.05, 0) is 28.3 Å². The van der Waals surface area contributed by atoms with Gasteiger partial charge in [0.15, 0.2) is 11.5 Å². The Labute approximate surface area is 216 Å². The largest absolute Gasteiger partial charge is 0.861 e. The minimum absolute atomic E-state index is 0.00606. The van der Waals surface area contributed by atoms with Gasteiger partial charge in [0.25, 0.3) is 6.20 Å². The zero-order chi connectivity index (χ0) is 26.9. The van der Waals surface area contributed by atoms with E-state index < -0.39 is 5.90 Å². The van der Waals surface area contributed by atoms with E-state index in [1.165, 1.54) is 32.2 Å². The maximum atomic E-state index is 12.5. The second-order valence-electron chi connectivity index (χ2n) is 7.16. The summed E-state index contributed by atoms with van der Waals surface area (Å²) in [4.78, 5) is 8.07. The summed E-state index contributed by atoms with van der Waals surface area (Å²) in [6.07, 6.45) is 1.46. The van der Waals surface area contributed by atoms with Crippen molar-refractivity contribution in [3.8, 4) is 40.5 Å². The topological polar surface area (TPSA) is 189 Å². The van der Waals surface area contributed by atoms with Crippen LogP contribution in [-0.2, 0) is 11.3 Å². The van der Waals surface area contributed by atoms with Crippen molar-refractivity contribution in [2.24, 2.45) is 4.99 Å². The lowest BCUT2D eigenvalue weighted by Gasteiger charge is -2.17. The average molecular weight is 526 g/mol. The van der Waals surface area contributed by atoms with E-state index in [1.54, 1.807) is 19.2 Å². The average Bonchev–Trinajstić information content (AvgIpc) is 3.36. The standard InChI is InChI=1S/C23H23N7O6S/c1-32-6-5-30-11-19(36-29-30)27-18(31)12-37-23-15(10-25)20(14(9-24)22(26)28-23)13-7-16(33-2)21(35-4)17(8-13)34-3/h7-8,11H,5-6,12H2,1-4H3,(H2-,26,27,28,29,31). The lowest BCUT2D eigenvalue weighted by atomic mass is 9.96. The Balaban J connectivity index is 2.01. The Morgan fingerprint density at radius 2 is 1.81 bits per heavy atom. The quantitative estimate of drug-likeness (QED) is 0.163. The normalized spacial score (nSPS) is 11.0. The first-order valence-corrected chi connectivity index (χ1v) is 11.6. The van der Waals surface area contributed by atoms with Crippen LogP contribution in [0.4, 0.5) is 11.7 Å². The molecule has 0 atom stereocenters. The number of anilines is 1. The minimum Gasteiger partial charge on any atom is -0.861 e. The van der Waals surface area contributed by atoms with Crippen molar-refractivity contribution < 1.29 is 33.3 Å². The first-order chi connectivity index (χ1) is 17.9. The molecule has 0 unspecified atom stereocenters. The third-order valence-corrected chi connectivity index (χ3v) is 5.92. The highest BCUT2D eigenvalue weighted by Gasteiger charge is 2.23. The molecule has 14 heteroatoms. The molecule has 1 aromatic carbocycles. The highest BCUT2D eigenvalue weighted by atomic mass is 32.2. The van der Waals surface area contributed by atoms with Crippen molar-refractivity contribution in [2.75, 3.05) is 46.5 Å². The molecular weight excluding hydrogens is 502 g/mol. The molecule has 192 valence electrons. The van der Waals surface area contributed by atoms with Gasteiger partial charge in [-0.3, -0.25) is 4.52 Å². The van der Waals surface area contributed by atoms with Crippen LogP contribution in [0.25, 0.3) is 11.1 Å². The lowest BCUT2D eigenvalue weighted by Crippen LogP contribution is -2.36. The van der Waals surface area contributed by atoms with Crippen molar-refractivity contribution in [1.82, 2.24) is 10.3 Å². The summed E-state index contributed by atoms with van der Waals surface area (Å²) in [5.74, 6) is 0.157. The Hall–Kier alpha value is -4.53. The number of aromatic nitrogens is 3. The predicted molar refractivity (Wildman–Crippen MR) is 130 cm³/mol. The van der Waals surface area contributed by atoms with E-state index in [1.807, 2.05) is 6.07 Å². The number of nitrogens with two attached hydrogens (primary N) is 1. The molecule has 0 amide bonds. The second-order valence-corrected chi connectivity index (χ2v) is 8.12. The number of hydrogen-bond donors (Lipinski definition) is 1. The molecule has 37 heavy (non-hydrogen) atoms. The predicted octanol–water partition coefficient (Wildman–Crippen LogP) is 1.20. The number of aliphatic imine (C=N–C) groups is 1. The van der Waals surface area contributed by atoms with Crippen LogP contribution in [0.5, 0.6) is 17.2 Å². The van der Waals surface area contributed by atoms with E-state index >= 15 is 0 Å². The monoisotopic (exact) mass is 525 g/mol. The Bertz CT molecular complexity index is 1370. The number of ether oxygens (including phenoxy) is 4. The van der Waals surface area contributed by atoms with Gasteiger partial charge >= 0.3 is 5.88 Å². The van der Waals surface area contributed by atoms with Crippen LogP contribution >= 0.6 is 11.8 Å². The van der Waals surface area contributed by atoms with Crippen LogP contribution in [0.15, 0.2) is 32.9 Å². The maximum Gasteiger partial charge on any atom is 0.320 e. The van der Waals surface area contributed by atoms with Crippen molar-refractivity contribution in [3.05, 3.63) is 29.5 Å². The molecule has 0 aliphatic carbocycles. The van der Waals surface area contributed by atoms with E-state index in [2.05, 4.69) is 21.3 Å². The van der Waals surface area contributed by atoms with Gasteiger partial charge in [-0.25, -0.2) is 9.98 Å². The summed E-state index contributed by atoms with van der Waals surface area (Å²) in [5, 5.41) is 36.2. The SMILES string of the molecule is COCC[n+]1cc(/N=C(/[O-])CSc2nc(N)c(C#N)c(-c3cc(OC)c(OC)c(OC)c3)c2C#N)on1. The Morgan fingerprint density at radius 1 is 1.14 bits per heavy atom. The molecule has 0 fully saturated rings. The third-order valence-electron chi connectivity index (χ3n) is 4.96. The van der Waals surface area contributed by atoms with Crippen LogP contribution in [0.3, 0.4) is 0 Å². The molecule has 0 saturated carbocycles. The van der Waals surface area contributed by atoms with E-state index in [0.29, 0.717) is 36.0 Å². The number of thioether (sulfide) groups is 1. The van der Waals surface area contributed by atoms with Gasteiger partial charge in [-0.15, -0.1) is 0 Å². The number of hydrogen-bond acceptors (Lipinski definition) is 13. The number of methoxy groups -OCH3 is 4. The highest BCUT2D eigenvalue weighted by molar-refractivity contribution is 8.00. The summed E-state index contributed by atoms with van der Waals surface area (Å²) >= 11 is 0.947. The lowest BCUT2D eigenvalue weighted by molar-refractivity contribution is -0.763. The van der Waals surface area contributed by atoms with E-state index in [9.17, 15) is 15.6 Å². The molecule has 2 N–H and O–H groups in total. The van der Waals surface area contributed by atoms with Gasteiger partial charge < -0.3 is 29.8 Å². The van der Waals surface area contributed by atoms with Crippen molar-refractivity contribution >= 4 is 29.4 Å². The smallest absolute Gasteiger partial charge is 0.320 e. The first-order valence-electron chi connectivity index (χ1n) is 10.6. The molecule has 0 radical (unpaired) electrons. The second kappa shape index (κ2) is 12.4. The molecule has 3 rings (SSSR count). The van der Waals surface area contributed by atoms with E-state index in [0.717, 1.165) is 11.8 Å². The van der Waals surface area contributed by atoms with Crippen molar-refractivity contribution in [2.45, 2.75) is 11.6 Å². The fourth-order valence-corrected chi connectivity index (χ4v) is 4.09. The molecule has 3 aromatic rings. The molecule has 13 nitrogen and oxygen atoms in total. The molecule has 0 saturated heterocycles. The maximum absolute atomic E-state index is 12.5. The fraction of sp³-hybridized carbons (Fsp3) is 0.304. The zero-order valence-corrected chi connectivity index (χ0v) is 21.3. The van der Waals surface area contributed by atoms with Gasteiger partial charge in [0, 0.05) is 18.4 Å². The molecule has 2 heterocycles. The number of pyridine rings is 1. The van der Waals surface area contributed by atoms with Crippen LogP contribution in [0, 0.1) is 22.7 Å². The van der Waals surface area contributed by atoms with Gasteiger partial charge in [0.05, 0.1) is 26.9 Å².